The number of esters is 1. The molecule has 0 fully saturated rings. The van der Waals surface area contributed by atoms with Gasteiger partial charge < -0.3 is 19.5 Å². The number of hydrogen-bond donors (Lipinski definition) is 1. The number of fused-ring (bicyclic) bond motifs is 1. The molecule has 0 aromatic heterocycles. The number of ether oxygens (including phenoxy) is 3. The maximum Gasteiger partial charge on any atom is 0.306 e. The molecule has 2 aromatic rings. The first kappa shape index (κ1) is 23.8. The lowest BCUT2D eigenvalue weighted by atomic mass is 10.1. The Morgan fingerprint density at radius 2 is 1.78 bits per heavy atom. The molecule has 0 spiro atoms. The van der Waals surface area contributed by atoms with Crippen LogP contribution in [-0.4, -0.2) is 37.6 Å². The minimum atomic E-state index is -0.352. The van der Waals surface area contributed by atoms with Gasteiger partial charge in [0.2, 0.25) is 0 Å². The molecular formula is C26H33NO5. The number of nitrogens with one attached hydrogen (secondary N) is 1. The molecule has 1 N–H and O–H groups in total. The predicted molar refractivity (Wildman–Crippen MR) is 123 cm³/mol. The third-order valence-corrected chi connectivity index (χ3v) is 5.48. The van der Waals surface area contributed by atoms with Crippen molar-refractivity contribution in [3.05, 3.63) is 59.2 Å². The second kappa shape index (κ2) is 12.2. The zero-order valence-corrected chi connectivity index (χ0v) is 19.0. The van der Waals surface area contributed by atoms with Gasteiger partial charge in [-0.3, -0.25) is 9.59 Å². The Bertz CT molecular complexity index is 911. The van der Waals surface area contributed by atoms with Gasteiger partial charge in [-0.2, -0.15) is 0 Å². The molecule has 6 heteroatoms. The van der Waals surface area contributed by atoms with Crippen LogP contribution in [0, 0.1) is 0 Å². The average molecular weight is 440 g/mol. The lowest BCUT2D eigenvalue weighted by molar-refractivity contribution is -0.149. The number of hydrogen-bond acceptors (Lipinski definition) is 6. The number of Topliss-reactive ketones (excluding diaryl/α,β-unsaturated/α-hetero) is 1. The molecule has 0 bridgehead atoms. The summed E-state index contributed by atoms with van der Waals surface area (Å²) in [5.41, 5.74) is 3.04. The normalized spacial score (nSPS) is 13.8. The van der Waals surface area contributed by atoms with Crippen LogP contribution in [-0.2, 0) is 22.5 Å². The standard InChI is InChI=1S/C26H33NO5/c1-3-19-7-5-8-20(15-19)17-27-18-22(4-2)32-26(29)12-10-23(28)21-9-11-24-25(16-21)31-14-6-13-30-24/h5,7-9,11,15-16,22,27H,3-4,6,10,12-14,17-18H2,1-2H3. The van der Waals surface area contributed by atoms with Crippen LogP contribution in [0.2, 0.25) is 0 Å². The highest BCUT2D eigenvalue weighted by Crippen LogP contribution is 2.30. The average Bonchev–Trinajstić information content (AvgIpc) is 3.07. The molecule has 0 saturated carbocycles. The van der Waals surface area contributed by atoms with Crippen LogP contribution in [0.4, 0.5) is 0 Å². The Balaban J connectivity index is 1.42. The molecule has 32 heavy (non-hydrogen) atoms. The summed E-state index contributed by atoms with van der Waals surface area (Å²) in [4.78, 5) is 24.8. The van der Waals surface area contributed by atoms with Crippen molar-refractivity contribution in [1.29, 1.82) is 0 Å². The topological polar surface area (TPSA) is 73.9 Å². The molecule has 0 amide bonds. The third-order valence-electron chi connectivity index (χ3n) is 5.48. The van der Waals surface area contributed by atoms with E-state index >= 15 is 0 Å². The Labute approximate surface area is 190 Å². The molecule has 1 atom stereocenters. The predicted octanol–water partition coefficient (Wildman–Crippen LogP) is 4.48. The van der Waals surface area contributed by atoms with Crippen LogP contribution in [0.1, 0.15) is 61.0 Å². The van der Waals surface area contributed by atoms with Crippen molar-refractivity contribution in [2.24, 2.45) is 0 Å². The van der Waals surface area contributed by atoms with Crippen molar-refractivity contribution < 1.29 is 23.8 Å². The van der Waals surface area contributed by atoms with E-state index in [1.165, 1.54) is 11.1 Å². The van der Waals surface area contributed by atoms with E-state index in [1.54, 1.807) is 18.2 Å². The van der Waals surface area contributed by atoms with Gasteiger partial charge in [-0.1, -0.05) is 38.1 Å². The third kappa shape index (κ3) is 7.09. The zero-order chi connectivity index (χ0) is 22.8. The Kier molecular flexibility index (Phi) is 9.11. The van der Waals surface area contributed by atoms with Crippen molar-refractivity contribution in [1.82, 2.24) is 5.32 Å². The van der Waals surface area contributed by atoms with Crippen LogP contribution in [0.3, 0.4) is 0 Å². The fourth-order valence-electron chi connectivity index (χ4n) is 3.55. The smallest absolute Gasteiger partial charge is 0.306 e. The summed E-state index contributed by atoms with van der Waals surface area (Å²) < 4.78 is 16.8. The van der Waals surface area contributed by atoms with Crippen LogP contribution in [0.5, 0.6) is 11.5 Å². The van der Waals surface area contributed by atoms with Gasteiger partial charge in [0.05, 0.1) is 19.6 Å². The zero-order valence-electron chi connectivity index (χ0n) is 19.0. The van der Waals surface area contributed by atoms with Gasteiger partial charge in [0.15, 0.2) is 17.3 Å². The van der Waals surface area contributed by atoms with E-state index in [0.29, 0.717) is 43.2 Å². The Hall–Kier alpha value is -2.86. The van der Waals surface area contributed by atoms with E-state index in [0.717, 1.165) is 19.4 Å². The molecule has 0 aliphatic carbocycles. The van der Waals surface area contributed by atoms with E-state index in [1.807, 2.05) is 6.92 Å². The highest BCUT2D eigenvalue weighted by molar-refractivity contribution is 5.98. The second-order valence-corrected chi connectivity index (χ2v) is 7.96. The summed E-state index contributed by atoms with van der Waals surface area (Å²) in [5, 5.41) is 3.36. The van der Waals surface area contributed by atoms with E-state index in [9.17, 15) is 9.59 Å². The minimum absolute atomic E-state index is 0.0579. The highest BCUT2D eigenvalue weighted by atomic mass is 16.5. The number of aryl methyl sites for hydroxylation is 1. The van der Waals surface area contributed by atoms with Crippen LogP contribution in [0.15, 0.2) is 42.5 Å². The van der Waals surface area contributed by atoms with Crippen molar-refractivity contribution in [2.75, 3.05) is 19.8 Å². The van der Waals surface area contributed by atoms with Crippen molar-refractivity contribution in [2.45, 2.75) is 58.6 Å². The van der Waals surface area contributed by atoms with Gasteiger partial charge >= 0.3 is 5.97 Å². The first-order valence-electron chi connectivity index (χ1n) is 11.5. The lowest BCUT2D eigenvalue weighted by Gasteiger charge is -2.17. The van der Waals surface area contributed by atoms with Gasteiger partial charge in [0.25, 0.3) is 0 Å². The molecule has 2 aromatic carbocycles. The van der Waals surface area contributed by atoms with E-state index in [-0.39, 0.29) is 30.7 Å². The number of ketones is 1. The first-order valence-corrected chi connectivity index (χ1v) is 11.5. The van der Waals surface area contributed by atoms with Crippen LogP contribution in [0.25, 0.3) is 0 Å². The fourth-order valence-corrected chi connectivity index (χ4v) is 3.55. The van der Waals surface area contributed by atoms with Gasteiger partial charge in [-0.05, 0) is 42.2 Å². The quantitative estimate of drug-likeness (QED) is 0.411. The van der Waals surface area contributed by atoms with Gasteiger partial charge in [-0.25, -0.2) is 0 Å². The van der Waals surface area contributed by atoms with E-state index < -0.39 is 0 Å². The molecular weight excluding hydrogens is 406 g/mol. The lowest BCUT2D eigenvalue weighted by Crippen LogP contribution is -2.30. The molecule has 0 saturated heterocycles. The molecule has 1 aliphatic rings. The summed E-state index contributed by atoms with van der Waals surface area (Å²) in [6.45, 7) is 6.59. The highest BCUT2D eigenvalue weighted by Gasteiger charge is 2.17. The van der Waals surface area contributed by atoms with Crippen LogP contribution >= 0.6 is 0 Å². The van der Waals surface area contributed by atoms with Crippen molar-refractivity contribution >= 4 is 11.8 Å². The molecule has 1 unspecified atom stereocenters. The Morgan fingerprint density at radius 1 is 1.00 bits per heavy atom. The molecule has 6 nitrogen and oxygen atoms in total. The number of carbonyl (C=O) groups is 2. The summed E-state index contributed by atoms with van der Waals surface area (Å²) >= 11 is 0. The van der Waals surface area contributed by atoms with E-state index in [2.05, 4.69) is 36.5 Å². The van der Waals surface area contributed by atoms with E-state index in [4.69, 9.17) is 14.2 Å². The molecule has 172 valence electrons. The Morgan fingerprint density at radius 3 is 2.56 bits per heavy atom. The van der Waals surface area contributed by atoms with Gasteiger partial charge in [0.1, 0.15) is 6.10 Å². The monoisotopic (exact) mass is 439 g/mol. The molecule has 0 radical (unpaired) electrons. The maximum atomic E-state index is 12.5. The van der Waals surface area contributed by atoms with Crippen LogP contribution < -0.4 is 14.8 Å². The largest absolute Gasteiger partial charge is 0.490 e. The number of rotatable bonds is 11. The fraction of sp³-hybridized carbons (Fsp3) is 0.462. The number of carbonyl (C=O) groups excluding carboxylic acids is 2. The molecule has 1 heterocycles. The molecule has 3 rings (SSSR count). The van der Waals surface area contributed by atoms with Gasteiger partial charge in [-0.15, -0.1) is 0 Å². The summed E-state index contributed by atoms with van der Waals surface area (Å²) in [6, 6.07) is 13.6. The first-order chi connectivity index (χ1) is 15.6. The summed E-state index contributed by atoms with van der Waals surface area (Å²) in [7, 11) is 0. The van der Waals surface area contributed by atoms with Gasteiger partial charge in [0, 0.05) is 31.5 Å². The molecule has 1 aliphatic heterocycles. The SMILES string of the molecule is CCc1cccc(CNCC(CC)OC(=O)CCC(=O)c2ccc3c(c2)OCCCO3)c1. The second-order valence-electron chi connectivity index (χ2n) is 7.96. The number of benzene rings is 2. The minimum Gasteiger partial charge on any atom is -0.490 e. The summed E-state index contributed by atoms with van der Waals surface area (Å²) in [6.07, 6.45) is 2.47. The van der Waals surface area contributed by atoms with Crippen molar-refractivity contribution in [3.8, 4) is 11.5 Å². The summed E-state index contributed by atoms with van der Waals surface area (Å²) in [5.74, 6) is 0.768. The van der Waals surface area contributed by atoms with Crippen molar-refractivity contribution in [3.63, 3.8) is 0 Å². The maximum absolute atomic E-state index is 12.5.